The fourth-order valence-electron chi connectivity index (χ4n) is 2.54. The summed E-state index contributed by atoms with van der Waals surface area (Å²) in [6.07, 6.45) is -0.345. The lowest BCUT2D eigenvalue weighted by atomic mass is 9.81. The summed E-state index contributed by atoms with van der Waals surface area (Å²) in [5.74, 6) is -3.19. The summed E-state index contributed by atoms with van der Waals surface area (Å²) >= 11 is 5.93. The maximum Gasteiger partial charge on any atom is 0.248 e. The second kappa shape index (κ2) is 5.71. The predicted molar refractivity (Wildman–Crippen MR) is 68.0 cm³/mol. The van der Waals surface area contributed by atoms with Crippen molar-refractivity contribution in [3.8, 4) is 0 Å². The van der Waals surface area contributed by atoms with E-state index in [1.165, 1.54) is 18.2 Å². The number of hydrogen-bond donors (Lipinski definition) is 1. The second-order valence-electron chi connectivity index (χ2n) is 5.20. The molecule has 1 saturated carbocycles. The van der Waals surface area contributed by atoms with Crippen LogP contribution in [-0.2, 0) is 6.42 Å². The Bertz CT molecular complexity index is 440. The van der Waals surface area contributed by atoms with E-state index in [1.807, 2.05) is 0 Å². The molecule has 1 fully saturated rings. The van der Waals surface area contributed by atoms with Crippen LogP contribution in [0.3, 0.4) is 0 Å². The third kappa shape index (κ3) is 3.86. The molecule has 0 saturated heterocycles. The van der Waals surface area contributed by atoms with Gasteiger partial charge in [0.05, 0.1) is 6.10 Å². The van der Waals surface area contributed by atoms with Crippen molar-refractivity contribution >= 4 is 11.6 Å². The molecule has 19 heavy (non-hydrogen) atoms. The molecule has 1 aromatic rings. The third-order valence-electron chi connectivity index (χ3n) is 3.74. The summed E-state index contributed by atoms with van der Waals surface area (Å²) < 4.78 is 39.2. The monoisotopic (exact) mass is 292 g/mol. The van der Waals surface area contributed by atoms with Crippen LogP contribution in [0, 0.1) is 11.7 Å². The Kier molecular flexibility index (Phi) is 4.41. The van der Waals surface area contributed by atoms with Crippen molar-refractivity contribution in [2.45, 2.75) is 44.1 Å². The molecule has 1 unspecified atom stereocenters. The molecule has 2 rings (SSSR count). The van der Waals surface area contributed by atoms with Crippen molar-refractivity contribution in [1.82, 2.24) is 0 Å². The lowest BCUT2D eigenvalue weighted by Crippen LogP contribution is -2.32. The second-order valence-corrected chi connectivity index (χ2v) is 5.61. The predicted octanol–water partition coefficient (Wildman–Crippen LogP) is 4.21. The van der Waals surface area contributed by atoms with Crippen molar-refractivity contribution in [2.24, 2.45) is 5.92 Å². The Morgan fingerprint density at radius 3 is 2.58 bits per heavy atom. The third-order valence-corrected chi connectivity index (χ3v) is 4.11. The molecule has 0 bridgehead atoms. The van der Waals surface area contributed by atoms with E-state index in [9.17, 15) is 18.3 Å². The van der Waals surface area contributed by atoms with Crippen LogP contribution >= 0.6 is 11.6 Å². The van der Waals surface area contributed by atoms with Gasteiger partial charge in [0.15, 0.2) is 0 Å². The van der Waals surface area contributed by atoms with Crippen molar-refractivity contribution < 1.29 is 18.3 Å². The average molecular weight is 293 g/mol. The molecule has 0 amide bonds. The highest BCUT2D eigenvalue weighted by atomic mass is 35.5. The smallest absolute Gasteiger partial charge is 0.248 e. The van der Waals surface area contributed by atoms with Gasteiger partial charge in [0, 0.05) is 24.3 Å². The van der Waals surface area contributed by atoms with E-state index in [4.69, 9.17) is 11.6 Å². The van der Waals surface area contributed by atoms with Gasteiger partial charge in [-0.15, -0.1) is 0 Å². The van der Waals surface area contributed by atoms with Gasteiger partial charge in [0.1, 0.15) is 5.82 Å². The Balaban J connectivity index is 1.98. The van der Waals surface area contributed by atoms with E-state index >= 15 is 0 Å². The highest BCUT2D eigenvalue weighted by Gasteiger charge is 2.37. The SMILES string of the molecule is OC(Cc1cc(F)ccc1Cl)C1CCC(F)(F)CC1. The molecule has 5 heteroatoms. The molecule has 1 aliphatic carbocycles. The number of halogens is 4. The van der Waals surface area contributed by atoms with Gasteiger partial charge in [0.2, 0.25) is 5.92 Å². The van der Waals surface area contributed by atoms with E-state index in [0.717, 1.165) is 0 Å². The molecular weight excluding hydrogens is 277 g/mol. The zero-order valence-corrected chi connectivity index (χ0v) is 11.1. The van der Waals surface area contributed by atoms with Gasteiger partial charge in [-0.3, -0.25) is 0 Å². The highest BCUT2D eigenvalue weighted by Crippen LogP contribution is 2.38. The van der Waals surface area contributed by atoms with Gasteiger partial charge < -0.3 is 5.11 Å². The number of alkyl halides is 2. The Hall–Kier alpha value is -0.740. The zero-order chi connectivity index (χ0) is 14.0. The number of aliphatic hydroxyl groups excluding tert-OH is 1. The largest absolute Gasteiger partial charge is 0.392 e. The number of hydrogen-bond acceptors (Lipinski definition) is 1. The Morgan fingerprint density at radius 2 is 1.95 bits per heavy atom. The molecule has 0 radical (unpaired) electrons. The van der Waals surface area contributed by atoms with Crippen LogP contribution < -0.4 is 0 Å². The number of rotatable bonds is 3. The minimum Gasteiger partial charge on any atom is -0.392 e. The first kappa shape index (κ1) is 14.7. The topological polar surface area (TPSA) is 20.2 Å². The van der Waals surface area contributed by atoms with Crippen LogP contribution in [0.15, 0.2) is 18.2 Å². The molecule has 0 spiro atoms. The molecule has 1 aromatic carbocycles. The van der Waals surface area contributed by atoms with E-state index in [0.29, 0.717) is 23.4 Å². The molecule has 0 heterocycles. The first-order valence-electron chi connectivity index (χ1n) is 6.37. The molecular formula is C14H16ClF3O. The van der Waals surface area contributed by atoms with Crippen molar-refractivity contribution in [3.63, 3.8) is 0 Å². The normalized spacial score (nSPS) is 21.3. The summed E-state index contributed by atoms with van der Waals surface area (Å²) in [5, 5.41) is 10.5. The summed E-state index contributed by atoms with van der Waals surface area (Å²) in [5.41, 5.74) is 0.520. The lowest BCUT2D eigenvalue weighted by Gasteiger charge is -2.31. The van der Waals surface area contributed by atoms with Gasteiger partial charge in [-0.1, -0.05) is 11.6 Å². The summed E-state index contributed by atoms with van der Waals surface area (Å²) in [4.78, 5) is 0. The number of benzene rings is 1. The Labute approximate surface area is 115 Å². The first-order chi connectivity index (χ1) is 8.87. The molecule has 106 valence electrons. The van der Waals surface area contributed by atoms with Crippen LogP contribution in [-0.4, -0.2) is 17.1 Å². The van der Waals surface area contributed by atoms with E-state index in [-0.39, 0.29) is 25.2 Å². The quantitative estimate of drug-likeness (QED) is 0.885. The van der Waals surface area contributed by atoms with Crippen LogP contribution in [0.4, 0.5) is 13.2 Å². The first-order valence-corrected chi connectivity index (χ1v) is 6.75. The van der Waals surface area contributed by atoms with Crippen LogP contribution in [0.25, 0.3) is 0 Å². The van der Waals surface area contributed by atoms with E-state index in [2.05, 4.69) is 0 Å². The standard InChI is InChI=1S/C14H16ClF3O/c15-12-2-1-11(16)7-10(12)8-13(19)9-3-5-14(17,18)6-4-9/h1-2,7,9,13,19H,3-6,8H2. The van der Waals surface area contributed by atoms with Crippen molar-refractivity contribution in [3.05, 3.63) is 34.6 Å². The molecule has 0 aromatic heterocycles. The van der Waals surface area contributed by atoms with Gasteiger partial charge >= 0.3 is 0 Å². The summed E-state index contributed by atoms with van der Waals surface area (Å²) in [6.45, 7) is 0. The maximum atomic E-state index is 13.1. The zero-order valence-electron chi connectivity index (χ0n) is 10.4. The fraction of sp³-hybridized carbons (Fsp3) is 0.571. The fourth-order valence-corrected chi connectivity index (χ4v) is 2.73. The van der Waals surface area contributed by atoms with Gasteiger partial charge in [-0.05, 0) is 42.5 Å². The molecule has 1 nitrogen and oxygen atoms in total. The summed E-state index contributed by atoms with van der Waals surface area (Å²) in [7, 11) is 0. The molecule has 1 atom stereocenters. The molecule has 0 aliphatic heterocycles. The maximum absolute atomic E-state index is 13.1. The van der Waals surface area contributed by atoms with Crippen molar-refractivity contribution in [1.29, 1.82) is 0 Å². The summed E-state index contributed by atoms with van der Waals surface area (Å²) in [6, 6.07) is 3.97. The Morgan fingerprint density at radius 1 is 1.32 bits per heavy atom. The van der Waals surface area contributed by atoms with Crippen LogP contribution in [0.1, 0.15) is 31.2 Å². The van der Waals surface area contributed by atoms with Gasteiger partial charge in [0.25, 0.3) is 0 Å². The molecule has 1 N–H and O–H groups in total. The van der Waals surface area contributed by atoms with Gasteiger partial charge in [-0.2, -0.15) is 0 Å². The minimum absolute atomic E-state index is 0.168. The highest BCUT2D eigenvalue weighted by molar-refractivity contribution is 6.31. The minimum atomic E-state index is -2.60. The van der Waals surface area contributed by atoms with Crippen LogP contribution in [0.2, 0.25) is 5.02 Å². The van der Waals surface area contributed by atoms with Crippen LogP contribution in [0.5, 0.6) is 0 Å². The van der Waals surface area contributed by atoms with Gasteiger partial charge in [-0.25, -0.2) is 13.2 Å². The van der Waals surface area contributed by atoms with E-state index < -0.39 is 17.8 Å². The lowest BCUT2D eigenvalue weighted by molar-refractivity contribution is -0.0619. The number of aliphatic hydroxyl groups is 1. The molecule has 1 aliphatic rings. The van der Waals surface area contributed by atoms with E-state index in [1.54, 1.807) is 0 Å². The van der Waals surface area contributed by atoms with Crippen molar-refractivity contribution in [2.75, 3.05) is 0 Å². The average Bonchev–Trinajstić information content (AvgIpc) is 2.33.